The van der Waals surface area contributed by atoms with Crippen molar-refractivity contribution in [3.05, 3.63) is 76.2 Å². The van der Waals surface area contributed by atoms with E-state index in [9.17, 15) is 4.91 Å². The van der Waals surface area contributed by atoms with Crippen LogP contribution in [0.4, 0.5) is 5.95 Å². The highest BCUT2D eigenvalue weighted by molar-refractivity contribution is 5.68. The number of pyridine rings is 1. The molecule has 2 N–H and O–H groups in total. The molecule has 0 saturated carbocycles. The van der Waals surface area contributed by atoms with Gasteiger partial charge in [0, 0.05) is 23.7 Å². The normalized spacial score (nSPS) is 19.0. The van der Waals surface area contributed by atoms with Gasteiger partial charge in [0.05, 0.1) is 5.69 Å². The minimum Gasteiger partial charge on any atom is -0.368 e. The highest BCUT2D eigenvalue weighted by atomic mass is 16.3. The van der Waals surface area contributed by atoms with Crippen LogP contribution >= 0.6 is 0 Å². The van der Waals surface area contributed by atoms with Gasteiger partial charge in [0.2, 0.25) is 5.95 Å². The van der Waals surface area contributed by atoms with Crippen LogP contribution < -0.4 is 5.73 Å². The van der Waals surface area contributed by atoms with Crippen LogP contribution in [0, 0.1) is 11.8 Å². The highest BCUT2D eigenvalue weighted by Crippen LogP contribution is 2.43. The zero-order valence-electron chi connectivity index (χ0n) is 14.5. The van der Waals surface area contributed by atoms with Crippen molar-refractivity contribution < 1.29 is 0 Å². The minimum absolute atomic E-state index is 0.142. The van der Waals surface area contributed by atoms with E-state index in [1.54, 1.807) is 12.4 Å². The third-order valence-electron chi connectivity index (χ3n) is 5.03. The SMILES string of the molecule is Cc1nc(N)nc2c1C(N=O)CC(c1ccccc1-c1ccncc1)C2. The van der Waals surface area contributed by atoms with Crippen LogP contribution in [0.15, 0.2) is 54.0 Å². The molecule has 0 aliphatic heterocycles. The van der Waals surface area contributed by atoms with Crippen LogP contribution in [0.5, 0.6) is 0 Å². The number of nitroso groups, excluding NO2 is 1. The fourth-order valence-electron chi connectivity index (χ4n) is 3.94. The maximum absolute atomic E-state index is 11.5. The molecule has 6 nitrogen and oxygen atoms in total. The van der Waals surface area contributed by atoms with E-state index >= 15 is 0 Å². The van der Waals surface area contributed by atoms with Gasteiger partial charge in [-0.3, -0.25) is 4.98 Å². The molecule has 1 aliphatic rings. The summed E-state index contributed by atoms with van der Waals surface area (Å²) < 4.78 is 0. The Balaban J connectivity index is 1.80. The van der Waals surface area contributed by atoms with Gasteiger partial charge in [-0.1, -0.05) is 29.4 Å². The van der Waals surface area contributed by atoms with Gasteiger partial charge in [-0.05, 0) is 54.5 Å². The molecule has 6 heteroatoms. The molecule has 1 aliphatic carbocycles. The molecule has 130 valence electrons. The number of hydrogen-bond acceptors (Lipinski definition) is 6. The lowest BCUT2D eigenvalue weighted by atomic mass is 9.77. The molecule has 0 bridgehead atoms. The molecule has 0 fully saturated rings. The molecule has 2 atom stereocenters. The summed E-state index contributed by atoms with van der Waals surface area (Å²) in [4.78, 5) is 24.3. The van der Waals surface area contributed by atoms with Crippen molar-refractivity contribution in [3.63, 3.8) is 0 Å². The van der Waals surface area contributed by atoms with E-state index in [0.29, 0.717) is 6.42 Å². The van der Waals surface area contributed by atoms with Crippen molar-refractivity contribution in [2.45, 2.75) is 31.7 Å². The number of nitrogens with zero attached hydrogens (tertiary/aromatic N) is 4. The van der Waals surface area contributed by atoms with Crippen LogP contribution in [0.25, 0.3) is 11.1 Å². The van der Waals surface area contributed by atoms with Gasteiger partial charge in [0.15, 0.2) is 0 Å². The van der Waals surface area contributed by atoms with Crippen molar-refractivity contribution in [1.82, 2.24) is 15.0 Å². The Labute approximate surface area is 151 Å². The van der Waals surface area contributed by atoms with Crippen molar-refractivity contribution in [2.24, 2.45) is 5.18 Å². The van der Waals surface area contributed by atoms with Gasteiger partial charge in [0.25, 0.3) is 0 Å². The number of fused-ring (bicyclic) bond motifs is 1. The molecule has 4 rings (SSSR count). The number of aromatic nitrogens is 3. The van der Waals surface area contributed by atoms with Crippen LogP contribution in [0.1, 0.15) is 40.9 Å². The number of aryl methyl sites for hydroxylation is 1. The van der Waals surface area contributed by atoms with E-state index in [4.69, 9.17) is 5.73 Å². The van der Waals surface area contributed by atoms with E-state index in [0.717, 1.165) is 34.5 Å². The van der Waals surface area contributed by atoms with Crippen molar-refractivity contribution in [1.29, 1.82) is 0 Å². The molecule has 0 amide bonds. The molecule has 2 unspecified atom stereocenters. The summed E-state index contributed by atoms with van der Waals surface area (Å²) in [5.41, 5.74) is 11.7. The van der Waals surface area contributed by atoms with Crippen LogP contribution in [0.3, 0.4) is 0 Å². The second-order valence-corrected chi connectivity index (χ2v) is 6.61. The predicted molar refractivity (Wildman–Crippen MR) is 100 cm³/mol. The Bertz CT molecular complexity index is 958. The molecule has 1 aromatic carbocycles. The van der Waals surface area contributed by atoms with Crippen molar-refractivity contribution >= 4 is 5.95 Å². The Morgan fingerprint density at radius 1 is 1.12 bits per heavy atom. The second kappa shape index (κ2) is 6.63. The summed E-state index contributed by atoms with van der Waals surface area (Å²) >= 11 is 0. The summed E-state index contributed by atoms with van der Waals surface area (Å²) in [5, 5.41) is 3.38. The Morgan fingerprint density at radius 2 is 1.88 bits per heavy atom. The van der Waals surface area contributed by atoms with E-state index in [1.165, 1.54) is 5.56 Å². The van der Waals surface area contributed by atoms with Gasteiger partial charge in [-0.2, -0.15) is 4.91 Å². The number of anilines is 1. The monoisotopic (exact) mass is 345 g/mol. The molecule has 2 aromatic heterocycles. The summed E-state index contributed by atoms with van der Waals surface area (Å²) in [6.45, 7) is 1.86. The van der Waals surface area contributed by atoms with E-state index in [2.05, 4.69) is 32.3 Å². The minimum atomic E-state index is -0.449. The van der Waals surface area contributed by atoms with Gasteiger partial charge in [0.1, 0.15) is 6.04 Å². The summed E-state index contributed by atoms with van der Waals surface area (Å²) in [6, 6.07) is 11.8. The number of nitrogen functional groups attached to an aromatic ring is 1. The fourth-order valence-corrected chi connectivity index (χ4v) is 3.94. The summed E-state index contributed by atoms with van der Waals surface area (Å²) in [5.74, 6) is 0.386. The summed E-state index contributed by atoms with van der Waals surface area (Å²) in [6.07, 6.45) is 4.94. The topological polar surface area (TPSA) is 94.1 Å². The van der Waals surface area contributed by atoms with Gasteiger partial charge in [-0.25, -0.2) is 9.97 Å². The van der Waals surface area contributed by atoms with E-state index in [1.807, 2.05) is 31.2 Å². The lowest BCUT2D eigenvalue weighted by Crippen LogP contribution is -2.21. The Kier molecular flexibility index (Phi) is 4.16. The number of rotatable bonds is 3. The molecule has 0 saturated heterocycles. The lowest BCUT2D eigenvalue weighted by Gasteiger charge is -2.29. The first-order valence-electron chi connectivity index (χ1n) is 8.62. The van der Waals surface area contributed by atoms with Crippen molar-refractivity contribution in [2.75, 3.05) is 5.73 Å². The maximum Gasteiger partial charge on any atom is 0.220 e. The van der Waals surface area contributed by atoms with Gasteiger partial charge in [-0.15, -0.1) is 0 Å². The third kappa shape index (κ3) is 2.83. The lowest BCUT2D eigenvalue weighted by molar-refractivity contribution is 0.490. The molecular weight excluding hydrogens is 326 g/mol. The van der Waals surface area contributed by atoms with Crippen LogP contribution in [0.2, 0.25) is 0 Å². The summed E-state index contributed by atoms with van der Waals surface area (Å²) in [7, 11) is 0. The van der Waals surface area contributed by atoms with E-state index in [-0.39, 0.29) is 11.9 Å². The third-order valence-corrected chi connectivity index (χ3v) is 5.03. The van der Waals surface area contributed by atoms with Crippen LogP contribution in [-0.4, -0.2) is 15.0 Å². The Morgan fingerprint density at radius 3 is 2.65 bits per heavy atom. The smallest absolute Gasteiger partial charge is 0.220 e. The average molecular weight is 345 g/mol. The molecule has 0 radical (unpaired) electrons. The average Bonchev–Trinajstić information content (AvgIpc) is 2.67. The number of nitrogens with two attached hydrogens (primary N) is 1. The second-order valence-electron chi connectivity index (χ2n) is 6.61. The molecule has 0 spiro atoms. The molecule has 3 aromatic rings. The number of benzene rings is 1. The zero-order chi connectivity index (χ0) is 18.1. The highest BCUT2D eigenvalue weighted by Gasteiger charge is 2.33. The first kappa shape index (κ1) is 16.3. The first-order valence-corrected chi connectivity index (χ1v) is 8.62. The zero-order valence-corrected chi connectivity index (χ0v) is 14.5. The first-order chi connectivity index (χ1) is 12.7. The maximum atomic E-state index is 11.5. The molecule has 26 heavy (non-hydrogen) atoms. The van der Waals surface area contributed by atoms with Crippen LogP contribution in [-0.2, 0) is 6.42 Å². The predicted octanol–water partition coefficient (Wildman–Crippen LogP) is 3.97. The molecular formula is C20H19N5O. The van der Waals surface area contributed by atoms with Crippen molar-refractivity contribution in [3.8, 4) is 11.1 Å². The largest absolute Gasteiger partial charge is 0.368 e. The van der Waals surface area contributed by atoms with E-state index < -0.39 is 6.04 Å². The van der Waals surface area contributed by atoms with Gasteiger partial charge < -0.3 is 5.73 Å². The quantitative estimate of drug-likeness (QED) is 0.725. The standard InChI is InChI=1S/C20H19N5O/c1-12-19-17(24-20(21)23-12)10-14(11-18(19)25-26)16-5-3-2-4-15(16)13-6-8-22-9-7-13/h2-9,14,18H,10-11H2,1H3,(H2,21,23,24). The molecule has 2 heterocycles. The van der Waals surface area contributed by atoms with Gasteiger partial charge >= 0.3 is 0 Å². The Hall–Kier alpha value is -3.15. The fraction of sp³-hybridized carbons (Fsp3) is 0.250. The number of hydrogen-bond donors (Lipinski definition) is 1.